The Balaban J connectivity index is 1.74. The molecule has 8 heteroatoms. The third kappa shape index (κ3) is 4.20. The SMILES string of the molecule is CCCC[C@@H]1Oc2ccc(S(=O)(=O)NCc3cccnc3)cc2NC1=O. The number of carbonyl (C=O) groups is 1. The minimum absolute atomic E-state index is 0.0658. The summed E-state index contributed by atoms with van der Waals surface area (Å²) >= 11 is 0. The van der Waals surface area contributed by atoms with Gasteiger partial charge >= 0.3 is 0 Å². The molecule has 2 heterocycles. The van der Waals surface area contributed by atoms with Crippen molar-refractivity contribution in [3.63, 3.8) is 0 Å². The number of carbonyl (C=O) groups excluding carboxylic acids is 1. The minimum atomic E-state index is -3.72. The summed E-state index contributed by atoms with van der Waals surface area (Å²) in [7, 11) is -3.72. The summed E-state index contributed by atoms with van der Waals surface area (Å²) < 4.78 is 33.2. The number of sulfonamides is 1. The van der Waals surface area contributed by atoms with Crippen LogP contribution in [-0.4, -0.2) is 25.4 Å². The molecular formula is C18H21N3O4S. The molecule has 0 aliphatic carbocycles. The number of anilines is 1. The summed E-state index contributed by atoms with van der Waals surface area (Å²) in [6, 6.07) is 7.98. The standard InChI is InChI=1S/C18H21N3O4S/c1-2-3-6-17-18(22)21-15-10-14(7-8-16(15)25-17)26(23,24)20-12-13-5-4-9-19-11-13/h4-5,7-11,17,20H,2-3,6,12H2,1H3,(H,21,22)/t17-/m0/s1. The lowest BCUT2D eigenvalue weighted by Crippen LogP contribution is -2.37. The number of pyridine rings is 1. The highest BCUT2D eigenvalue weighted by atomic mass is 32.2. The van der Waals surface area contributed by atoms with Gasteiger partial charge in [0.05, 0.1) is 10.6 Å². The Bertz CT molecular complexity index is 885. The van der Waals surface area contributed by atoms with E-state index in [1.807, 2.05) is 6.92 Å². The molecule has 0 spiro atoms. The van der Waals surface area contributed by atoms with Gasteiger partial charge in [0.2, 0.25) is 10.0 Å². The number of nitrogens with zero attached hydrogens (tertiary/aromatic N) is 1. The molecule has 1 aromatic carbocycles. The number of nitrogens with one attached hydrogen (secondary N) is 2. The average Bonchev–Trinajstić information content (AvgIpc) is 2.65. The number of benzene rings is 1. The van der Waals surface area contributed by atoms with E-state index in [0.717, 1.165) is 18.4 Å². The van der Waals surface area contributed by atoms with Crippen molar-refractivity contribution in [2.45, 2.75) is 43.7 Å². The lowest BCUT2D eigenvalue weighted by atomic mass is 10.1. The van der Waals surface area contributed by atoms with Gasteiger partial charge in [0.25, 0.3) is 5.91 Å². The first-order valence-electron chi connectivity index (χ1n) is 8.50. The predicted molar refractivity (Wildman–Crippen MR) is 97.3 cm³/mol. The van der Waals surface area contributed by atoms with Gasteiger partial charge in [-0.15, -0.1) is 0 Å². The second kappa shape index (κ2) is 7.84. The normalized spacial score (nSPS) is 16.5. The maximum Gasteiger partial charge on any atom is 0.265 e. The van der Waals surface area contributed by atoms with Gasteiger partial charge in [-0.25, -0.2) is 13.1 Å². The minimum Gasteiger partial charge on any atom is -0.478 e. The second-order valence-electron chi connectivity index (χ2n) is 6.08. The van der Waals surface area contributed by atoms with Crippen LogP contribution in [0.1, 0.15) is 31.7 Å². The zero-order chi connectivity index (χ0) is 18.6. The molecule has 0 saturated heterocycles. The van der Waals surface area contributed by atoms with Crippen LogP contribution in [0.3, 0.4) is 0 Å². The van der Waals surface area contributed by atoms with Crippen molar-refractivity contribution in [2.24, 2.45) is 0 Å². The van der Waals surface area contributed by atoms with Crippen molar-refractivity contribution in [2.75, 3.05) is 5.32 Å². The molecule has 7 nitrogen and oxygen atoms in total. The van der Waals surface area contributed by atoms with Crippen LogP contribution in [-0.2, 0) is 21.4 Å². The Morgan fingerprint density at radius 2 is 2.15 bits per heavy atom. The number of aromatic nitrogens is 1. The molecule has 1 aliphatic rings. The Kier molecular flexibility index (Phi) is 5.53. The highest BCUT2D eigenvalue weighted by Crippen LogP contribution is 2.32. The fourth-order valence-electron chi connectivity index (χ4n) is 2.64. The van der Waals surface area contributed by atoms with Crippen LogP contribution in [0.2, 0.25) is 0 Å². The zero-order valence-corrected chi connectivity index (χ0v) is 15.3. The van der Waals surface area contributed by atoms with E-state index in [-0.39, 0.29) is 17.3 Å². The summed E-state index contributed by atoms with van der Waals surface area (Å²) in [5, 5.41) is 2.74. The van der Waals surface area contributed by atoms with Crippen LogP contribution < -0.4 is 14.8 Å². The van der Waals surface area contributed by atoms with Gasteiger partial charge in [-0.3, -0.25) is 9.78 Å². The summed E-state index contributed by atoms with van der Waals surface area (Å²) in [5.41, 5.74) is 1.12. The summed E-state index contributed by atoms with van der Waals surface area (Å²) in [6.45, 7) is 2.18. The molecule has 1 aliphatic heterocycles. The van der Waals surface area contributed by atoms with Crippen LogP contribution in [0.5, 0.6) is 5.75 Å². The zero-order valence-electron chi connectivity index (χ0n) is 14.4. The van der Waals surface area contributed by atoms with Crippen molar-refractivity contribution in [1.29, 1.82) is 0 Å². The molecule has 0 fully saturated rings. The Morgan fingerprint density at radius 3 is 2.88 bits per heavy atom. The first kappa shape index (κ1) is 18.3. The van der Waals surface area contributed by atoms with Crippen LogP contribution >= 0.6 is 0 Å². The Morgan fingerprint density at radius 1 is 1.31 bits per heavy atom. The fraction of sp³-hybridized carbons (Fsp3) is 0.333. The van der Waals surface area contributed by atoms with Crippen molar-refractivity contribution >= 4 is 21.6 Å². The van der Waals surface area contributed by atoms with E-state index in [0.29, 0.717) is 17.9 Å². The third-order valence-electron chi connectivity index (χ3n) is 4.09. The van der Waals surface area contributed by atoms with Gasteiger partial charge < -0.3 is 10.1 Å². The van der Waals surface area contributed by atoms with Gasteiger partial charge in [0.1, 0.15) is 5.75 Å². The van der Waals surface area contributed by atoms with Crippen LogP contribution in [0.4, 0.5) is 5.69 Å². The molecule has 0 unspecified atom stereocenters. The number of ether oxygens (including phenoxy) is 1. The van der Waals surface area contributed by atoms with Gasteiger partial charge in [-0.05, 0) is 42.7 Å². The molecule has 2 aromatic rings. The lowest BCUT2D eigenvalue weighted by molar-refractivity contribution is -0.123. The average molecular weight is 375 g/mol. The smallest absolute Gasteiger partial charge is 0.265 e. The number of unbranched alkanes of at least 4 members (excludes halogenated alkanes) is 1. The Labute approximate surface area is 152 Å². The maximum absolute atomic E-state index is 12.5. The van der Waals surface area contributed by atoms with Crippen LogP contribution in [0.15, 0.2) is 47.6 Å². The van der Waals surface area contributed by atoms with Crippen molar-refractivity contribution < 1.29 is 17.9 Å². The predicted octanol–water partition coefficient (Wildman–Crippen LogP) is 2.45. The van der Waals surface area contributed by atoms with Crippen molar-refractivity contribution in [3.05, 3.63) is 48.3 Å². The van der Waals surface area contributed by atoms with Gasteiger partial charge in [0, 0.05) is 18.9 Å². The highest BCUT2D eigenvalue weighted by Gasteiger charge is 2.28. The van der Waals surface area contributed by atoms with E-state index in [9.17, 15) is 13.2 Å². The second-order valence-corrected chi connectivity index (χ2v) is 7.85. The topological polar surface area (TPSA) is 97.4 Å². The van der Waals surface area contributed by atoms with Crippen molar-refractivity contribution in [3.8, 4) is 5.75 Å². The summed E-state index contributed by atoms with van der Waals surface area (Å²) in [6.07, 6.45) is 5.18. The highest BCUT2D eigenvalue weighted by molar-refractivity contribution is 7.89. The molecule has 1 amide bonds. The summed E-state index contributed by atoms with van der Waals surface area (Å²) in [5.74, 6) is 0.237. The molecule has 138 valence electrons. The van der Waals surface area contributed by atoms with E-state index >= 15 is 0 Å². The monoisotopic (exact) mass is 375 g/mol. The fourth-order valence-corrected chi connectivity index (χ4v) is 3.68. The molecule has 1 atom stereocenters. The van der Waals surface area contributed by atoms with E-state index in [1.54, 1.807) is 30.6 Å². The molecule has 3 rings (SSSR count). The first-order chi connectivity index (χ1) is 12.5. The third-order valence-corrected chi connectivity index (χ3v) is 5.49. The van der Waals surface area contributed by atoms with E-state index < -0.39 is 16.1 Å². The Hall–Kier alpha value is -2.45. The number of hydrogen-bond donors (Lipinski definition) is 2. The number of amides is 1. The molecule has 1 aromatic heterocycles. The maximum atomic E-state index is 12.5. The molecule has 2 N–H and O–H groups in total. The quantitative estimate of drug-likeness (QED) is 0.775. The first-order valence-corrected chi connectivity index (χ1v) is 9.98. The molecule has 0 radical (unpaired) electrons. The van der Waals surface area contributed by atoms with Crippen LogP contribution in [0.25, 0.3) is 0 Å². The number of fused-ring (bicyclic) bond motifs is 1. The van der Waals surface area contributed by atoms with Crippen LogP contribution in [0, 0.1) is 0 Å². The molecule has 0 saturated carbocycles. The van der Waals surface area contributed by atoms with E-state index in [1.165, 1.54) is 12.1 Å². The van der Waals surface area contributed by atoms with E-state index in [4.69, 9.17) is 4.74 Å². The lowest BCUT2D eigenvalue weighted by Gasteiger charge is -2.26. The largest absolute Gasteiger partial charge is 0.478 e. The number of hydrogen-bond acceptors (Lipinski definition) is 5. The summed E-state index contributed by atoms with van der Waals surface area (Å²) in [4.78, 5) is 16.1. The molecule has 26 heavy (non-hydrogen) atoms. The number of rotatable bonds is 7. The van der Waals surface area contributed by atoms with Gasteiger partial charge in [0.15, 0.2) is 6.10 Å². The molecular weight excluding hydrogens is 354 g/mol. The van der Waals surface area contributed by atoms with E-state index in [2.05, 4.69) is 15.0 Å². The molecule has 0 bridgehead atoms. The van der Waals surface area contributed by atoms with Gasteiger partial charge in [-0.2, -0.15) is 0 Å². The van der Waals surface area contributed by atoms with Gasteiger partial charge in [-0.1, -0.05) is 19.4 Å². The van der Waals surface area contributed by atoms with Crippen molar-refractivity contribution in [1.82, 2.24) is 9.71 Å².